The first kappa shape index (κ1) is 22.3. The third-order valence-electron chi connectivity index (χ3n) is 4.77. The number of hydrogen-bond acceptors (Lipinski definition) is 7. The molecule has 2 heterocycles. The third-order valence-corrected chi connectivity index (χ3v) is 4.77. The number of Topliss-reactive ketones (excluding diaryl/α,β-unsaturated/α-hetero) is 1. The van der Waals surface area contributed by atoms with E-state index in [0.29, 0.717) is 12.2 Å². The molecule has 2 aromatic heterocycles. The number of ketones is 1. The summed E-state index contributed by atoms with van der Waals surface area (Å²) in [6.07, 6.45) is 0.824. The Balaban J connectivity index is 1.99. The van der Waals surface area contributed by atoms with Crippen molar-refractivity contribution in [3.8, 4) is 0 Å². The molecule has 0 spiro atoms. The van der Waals surface area contributed by atoms with Crippen LogP contribution in [0.3, 0.4) is 0 Å². The zero-order valence-corrected chi connectivity index (χ0v) is 17.4. The van der Waals surface area contributed by atoms with Gasteiger partial charge in [-0.25, -0.2) is 0 Å². The Bertz CT molecular complexity index is 928. The van der Waals surface area contributed by atoms with Gasteiger partial charge in [-0.3, -0.25) is 24.4 Å². The number of ether oxygens (including phenoxy) is 2. The summed E-state index contributed by atoms with van der Waals surface area (Å²) in [6.45, 7) is 7.43. The molecule has 0 atom stereocenters. The molecular weight excluding hydrogens is 380 g/mol. The molecule has 0 aliphatic rings. The first-order chi connectivity index (χ1) is 13.7. The van der Waals surface area contributed by atoms with Crippen LogP contribution in [0.15, 0.2) is 6.07 Å². The van der Waals surface area contributed by atoms with E-state index < -0.39 is 17.5 Å². The maximum absolute atomic E-state index is 12.5. The van der Waals surface area contributed by atoms with E-state index in [0.717, 1.165) is 24.4 Å². The van der Waals surface area contributed by atoms with Gasteiger partial charge in [0.1, 0.15) is 17.9 Å². The summed E-state index contributed by atoms with van der Waals surface area (Å²) in [6, 6.07) is 1.78. The number of methoxy groups -OCH3 is 1. The molecule has 0 N–H and O–H groups in total. The summed E-state index contributed by atoms with van der Waals surface area (Å²) >= 11 is 0. The Morgan fingerprint density at radius 2 is 1.90 bits per heavy atom. The molecule has 0 amide bonds. The van der Waals surface area contributed by atoms with Gasteiger partial charge in [0.05, 0.1) is 4.92 Å². The van der Waals surface area contributed by atoms with Crippen molar-refractivity contribution in [2.24, 2.45) is 0 Å². The summed E-state index contributed by atoms with van der Waals surface area (Å²) in [5, 5.41) is 15.0. The van der Waals surface area contributed by atoms with Crippen LogP contribution in [0.4, 0.5) is 5.69 Å². The summed E-state index contributed by atoms with van der Waals surface area (Å²) in [5.74, 6) is -0.989. The van der Waals surface area contributed by atoms with E-state index in [9.17, 15) is 19.7 Å². The topological polar surface area (TPSA) is 118 Å². The average Bonchev–Trinajstić information content (AvgIpc) is 3.09. The highest BCUT2D eigenvalue weighted by molar-refractivity contribution is 5.99. The zero-order valence-electron chi connectivity index (χ0n) is 17.4. The van der Waals surface area contributed by atoms with Gasteiger partial charge in [-0.15, -0.1) is 0 Å². The molecule has 2 rings (SSSR count). The maximum atomic E-state index is 12.5. The van der Waals surface area contributed by atoms with E-state index in [1.807, 2.05) is 18.4 Å². The largest absolute Gasteiger partial charge is 0.456 e. The van der Waals surface area contributed by atoms with Crippen LogP contribution >= 0.6 is 0 Å². The Hall–Kier alpha value is -3.01. The molecule has 0 aromatic carbocycles. The minimum Gasteiger partial charge on any atom is -0.456 e. The molecular formula is C19H26N4O6. The Morgan fingerprint density at radius 3 is 2.48 bits per heavy atom. The summed E-state index contributed by atoms with van der Waals surface area (Å²) in [4.78, 5) is 35.1. The summed E-state index contributed by atoms with van der Waals surface area (Å²) < 4.78 is 13.4. The molecule has 0 saturated carbocycles. The van der Waals surface area contributed by atoms with E-state index in [4.69, 9.17) is 9.47 Å². The number of hydrogen-bond donors (Lipinski definition) is 0. The van der Waals surface area contributed by atoms with Gasteiger partial charge < -0.3 is 14.0 Å². The highest BCUT2D eigenvalue weighted by atomic mass is 16.6. The van der Waals surface area contributed by atoms with Crippen molar-refractivity contribution in [2.75, 3.05) is 20.3 Å². The van der Waals surface area contributed by atoms with Crippen LogP contribution in [0.1, 0.15) is 39.6 Å². The Morgan fingerprint density at radius 1 is 1.21 bits per heavy atom. The molecule has 10 nitrogen and oxygen atoms in total. The lowest BCUT2D eigenvalue weighted by molar-refractivity contribution is -0.386. The van der Waals surface area contributed by atoms with Crippen LogP contribution in [0.5, 0.6) is 0 Å². The normalized spacial score (nSPS) is 10.9. The number of nitrogens with zero attached hydrogens (tertiary/aromatic N) is 4. The van der Waals surface area contributed by atoms with E-state index in [1.54, 1.807) is 13.2 Å². The van der Waals surface area contributed by atoms with Crippen molar-refractivity contribution in [3.05, 3.63) is 44.5 Å². The highest BCUT2D eigenvalue weighted by Gasteiger charge is 2.23. The second-order valence-electron chi connectivity index (χ2n) is 6.80. The lowest BCUT2D eigenvalue weighted by atomic mass is 10.1. The highest BCUT2D eigenvalue weighted by Crippen LogP contribution is 2.21. The molecule has 0 saturated heterocycles. The van der Waals surface area contributed by atoms with Crippen LogP contribution in [-0.4, -0.2) is 51.3 Å². The fourth-order valence-electron chi connectivity index (χ4n) is 3.29. The van der Waals surface area contributed by atoms with Gasteiger partial charge in [-0.1, -0.05) is 0 Å². The number of esters is 1. The maximum Gasteiger partial charge on any atom is 0.328 e. The number of aryl methyl sites for hydroxylation is 2. The van der Waals surface area contributed by atoms with Gasteiger partial charge in [0.15, 0.2) is 6.61 Å². The first-order valence-corrected chi connectivity index (χ1v) is 9.20. The summed E-state index contributed by atoms with van der Waals surface area (Å²) in [7, 11) is 1.64. The molecule has 0 aliphatic carbocycles. The number of nitro groups is 1. The molecule has 29 heavy (non-hydrogen) atoms. The lowest BCUT2D eigenvalue weighted by Gasteiger charge is -2.09. The smallest absolute Gasteiger partial charge is 0.328 e. The van der Waals surface area contributed by atoms with E-state index in [-0.39, 0.29) is 29.4 Å². The van der Waals surface area contributed by atoms with Crippen LogP contribution in [0.25, 0.3) is 0 Å². The SMILES string of the molecule is COCCCn1c(C)cc(C(=O)COC(=O)Cn2nc(C)c([N+](=O)[O-])c2C)c1C. The van der Waals surface area contributed by atoms with Crippen molar-refractivity contribution < 1.29 is 24.0 Å². The molecule has 0 bridgehead atoms. The first-order valence-electron chi connectivity index (χ1n) is 9.20. The van der Waals surface area contributed by atoms with Crippen molar-refractivity contribution in [1.82, 2.24) is 14.3 Å². The van der Waals surface area contributed by atoms with Crippen LogP contribution in [0, 0.1) is 37.8 Å². The van der Waals surface area contributed by atoms with E-state index >= 15 is 0 Å². The van der Waals surface area contributed by atoms with Gasteiger partial charge in [-0.2, -0.15) is 5.10 Å². The van der Waals surface area contributed by atoms with Crippen LogP contribution in [-0.2, 0) is 27.4 Å². The minimum atomic E-state index is -0.687. The predicted molar refractivity (Wildman–Crippen MR) is 104 cm³/mol. The molecule has 0 aliphatic heterocycles. The van der Waals surface area contributed by atoms with E-state index in [1.165, 1.54) is 18.5 Å². The van der Waals surface area contributed by atoms with Gasteiger partial charge in [-0.05, 0) is 40.2 Å². The van der Waals surface area contributed by atoms with Crippen molar-refractivity contribution in [1.29, 1.82) is 0 Å². The van der Waals surface area contributed by atoms with Crippen molar-refractivity contribution in [3.63, 3.8) is 0 Å². The van der Waals surface area contributed by atoms with Gasteiger partial charge in [0.2, 0.25) is 5.78 Å². The molecule has 2 aromatic rings. The minimum absolute atomic E-state index is 0.130. The standard InChI is InChI=1S/C19H26N4O6/c1-12-9-16(14(3)21(12)7-6-8-28-5)17(24)11-29-18(25)10-22-15(4)19(23(26)27)13(2)20-22/h9H,6-8,10-11H2,1-5H3. The number of carbonyl (C=O) groups is 2. The zero-order chi connectivity index (χ0) is 21.7. The lowest BCUT2D eigenvalue weighted by Crippen LogP contribution is -2.20. The summed E-state index contributed by atoms with van der Waals surface area (Å²) in [5.41, 5.74) is 2.62. The van der Waals surface area contributed by atoms with Crippen molar-refractivity contribution >= 4 is 17.4 Å². The average molecular weight is 406 g/mol. The number of rotatable bonds is 10. The van der Waals surface area contributed by atoms with Crippen molar-refractivity contribution in [2.45, 2.75) is 47.2 Å². The molecule has 158 valence electrons. The fourth-order valence-corrected chi connectivity index (χ4v) is 3.29. The number of carbonyl (C=O) groups excluding carboxylic acids is 2. The molecule has 0 radical (unpaired) electrons. The predicted octanol–water partition coefficient (Wildman–Crippen LogP) is 2.29. The van der Waals surface area contributed by atoms with Gasteiger partial charge >= 0.3 is 11.7 Å². The van der Waals surface area contributed by atoms with Gasteiger partial charge in [0, 0.05) is 37.2 Å². The quantitative estimate of drug-likeness (QED) is 0.195. The Kier molecular flexibility index (Phi) is 7.27. The fraction of sp³-hybridized carbons (Fsp3) is 0.526. The monoisotopic (exact) mass is 406 g/mol. The van der Waals surface area contributed by atoms with Crippen LogP contribution < -0.4 is 0 Å². The second-order valence-corrected chi connectivity index (χ2v) is 6.80. The third kappa shape index (κ3) is 5.08. The molecule has 0 unspecified atom stereocenters. The molecule has 10 heteroatoms. The second kappa shape index (κ2) is 9.46. The Labute approximate surface area is 168 Å². The van der Waals surface area contributed by atoms with Gasteiger partial charge in [0.25, 0.3) is 0 Å². The van der Waals surface area contributed by atoms with E-state index in [2.05, 4.69) is 5.10 Å². The molecule has 0 fully saturated rings. The van der Waals surface area contributed by atoms with Crippen LogP contribution in [0.2, 0.25) is 0 Å². The number of aromatic nitrogens is 3.